The Kier molecular flexibility index (Phi) is 5.02. The van der Waals surface area contributed by atoms with Gasteiger partial charge in [0.25, 0.3) is 10.1 Å². The summed E-state index contributed by atoms with van der Waals surface area (Å²) in [6.45, 7) is 11.2. The number of hydrogen-bond acceptors (Lipinski definition) is 4. The quantitative estimate of drug-likeness (QED) is 0.623. The van der Waals surface area contributed by atoms with E-state index in [-0.39, 0.29) is 9.79 Å². The second kappa shape index (κ2) is 6.63. The van der Waals surface area contributed by atoms with Gasteiger partial charge in [0, 0.05) is 11.1 Å². The molecule has 1 N–H and O–H groups in total. The van der Waals surface area contributed by atoms with E-state index >= 15 is 0 Å². The first-order chi connectivity index (χ1) is 13.0. The molecule has 0 heterocycles. The minimum Gasteiger partial charge on any atom is -0.282 e. The summed E-state index contributed by atoms with van der Waals surface area (Å²) in [5, 5.41) is 0. The normalized spacial score (nSPS) is 14.8. The summed E-state index contributed by atoms with van der Waals surface area (Å²) in [6, 6.07) is 9.48. The fourth-order valence-electron chi connectivity index (χ4n) is 4.32. The molecular formula is C21H27NO5S2. The van der Waals surface area contributed by atoms with Crippen LogP contribution in [0, 0.1) is 0 Å². The van der Waals surface area contributed by atoms with Gasteiger partial charge in [-0.05, 0) is 94.5 Å². The van der Waals surface area contributed by atoms with Gasteiger partial charge in [0.2, 0.25) is 10.0 Å². The Morgan fingerprint density at radius 2 is 1.17 bits per heavy atom. The Balaban J connectivity index is 2.08. The van der Waals surface area contributed by atoms with Gasteiger partial charge in [0.1, 0.15) is 0 Å². The number of fused-ring (bicyclic) bond motifs is 3. The van der Waals surface area contributed by atoms with Crippen LogP contribution in [0.3, 0.4) is 0 Å². The van der Waals surface area contributed by atoms with Crippen molar-refractivity contribution in [1.82, 2.24) is 4.31 Å². The van der Waals surface area contributed by atoms with Gasteiger partial charge in [-0.1, -0.05) is 12.1 Å². The fourth-order valence-corrected chi connectivity index (χ4v) is 7.03. The van der Waals surface area contributed by atoms with Gasteiger partial charge in [-0.3, -0.25) is 4.55 Å². The van der Waals surface area contributed by atoms with Crippen molar-refractivity contribution in [2.45, 2.75) is 68.8 Å². The Labute approximate surface area is 173 Å². The highest BCUT2D eigenvalue weighted by Crippen LogP contribution is 2.40. The fraction of sp³-hybridized carbons (Fsp3) is 0.429. The lowest BCUT2D eigenvalue weighted by atomic mass is 10.0. The lowest BCUT2D eigenvalue weighted by Crippen LogP contribution is -2.55. The summed E-state index contributed by atoms with van der Waals surface area (Å²) in [7, 11) is -8.05. The first-order valence-electron chi connectivity index (χ1n) is 9.32. The zero-order valence-corrected chi connectivity index (χ0v) is 19.1. The van der Waals surface area contributed by atoms with E-state index in [0.717, 1.165) is 22.3 Å². The highest BCUT2D eigenvalue weighted by molar-refractivity contribution is 7.89. The van der Waals surface area contributed by atoms with Crippen molar-refractivity contribution in [2.24, 2.45) is 0 Å². The summed E-state index contributed by atoms with van der Waals surface area (Å²) in [4.78, 5) is 0.0486. The molecule has 0 spiro atoms. The molecule has 0 fully saturated rings. The van der Waals surface area contributed by atoms with E-state index in [2.05, 4.69) is 0 Å². The molecule has 0 saturated carbocycles. The van der Waals surface area contributed by atoms with E-state index in [1.54, 1.807) is 24.3 Å². The number of hydrogen-bond donors (Lipinski definition) is 1. The molecule has 0 unspecified atom stereocenters. The summed E-state index contributed by atoms with van der Waals surface area (Å²) in [5.74, 6) is 0. The maximum atomic E-state index is 13.5. The minimum atomic E-state index is -4.29. The molecule has 3 rings (SSSR count). The van der Waals surface area contributed by atoms with Gasteiger partial charge in [-0.2, -0.15) is 12.7 Å². The van der Waals surface area contributed by atoms with E-state index in [1.807, 2.05) is 41.5 Å². The molecule has 0 aliphatic heterocycles. The molecule has 8 heteroatoms. The van der Waals surface area contributed by atoms with Gasteiger partial charge < -0.3 is 0 Å². The highest BCUT2D eigenvalue weighted by atomic mass is 32.2. The van der Waals surface area contributed by atoms with Crippen LogP contribution >= 0.6 is 0 Å². The van der Waals surface area contributed by atoms with Crippen molar-refractivity contribution in [2.75, 3.05) is 0 Å². The van der Waals surface area contributed by atoms with Crippen LogP contribution in [0.4, 0.5) is 0 Å². The molecule has 0 radical (unpaired) electrons. The number of sulfonamides is 1. The van der Waals surface area contributed by atoms with E-state index in [1.165, 1.54) is 16.4 Å². The SMILES string of the molecule is CC(C)(C)N(C(C)(C)C)S(=O)(=O)c1ccc2c(c1)Cc1cc(S(=O)(=O)O)ccc1-2. The summed E-state index contributed by atoms with van der Waals surface area (Å²) in [6.07, 6.45) is 0.405. The van der Waals surface area contributed by atoms with Gasteiger partial charge in [-0.25, -0.2) is 8.42 Å². The summed E-state index contributed by atoms with van der Waals surface area (Å²) in [5.41, 5.74) is 2.07. The third kappa shape index (κ3) is 3.99. The van der Waals surface area contributed by atoms with Gasteiger partial charge in [0.05, 0.1) is 9.79 Å². The standard InChI is InChI=1S/C21H27NO5S2/c1-20(2,3)22(21(4,5)6)28(23,24)16-7-9-18-14(12-16)11-15-13-17(29(25,26)27)8-10-19(15)18/h7-10,12-13H,11H2,1-6H3,(H,25,26,27). The molecular weight excluding hydrogens is 410 g/mol. The smallest absolute Gasteiger partial charge is 0.282 e. The average molecular weight is 438 g/mol. The Hall–Kier alpha value is -1.74. The average Bonchev–Trinajstić information content (AvgIpc) is 2.87. The van der Waals surface area contributed by atoms with Crippen molar-refractivity contribution in [3.05, 3.63) is 47.5 Å². The predicted octanol–water partition coefficient (Wildman–Crippen LogP) is 4.09. The predicted molar refractivity (Wildman–Crippen MR) is 113 cm³/mol. The number of benzene rings is 2. The topological polar surface area (TPSA) is 91.8 Å². The van der Waals surface area contributed by atoms with Crippen LogP contribution in [0.25, 0.3) is 11.1 Å². The van der Waals surface area contributed by atoms with Crippen LogP contribution in [0.2, 0.25) is 0 Å². The molecule has 2 aromatic carbocycles. The van der Waals surface area contributed by atoms with Crippen LogP contribution in [-0.4, -0.2) is 36.8 Å². The van der Waals surface area contributed by atoms with Crippen molar-refractivity contribution in [1.29, 1.82) is 0 Å². The largest absolute Gasteiger partial charge is 0.294 e. The third-order valence-electron chi connectivity index (χ3n) is 4.88. The van der Waals surface area contributed by atoms with E-state index in [4.69, 9.17) is 0 Å². The third-order valence-corrected chi connectivity index (χ3v) is 8.15. The van der Waals surface area contributed by atoms with Crippen molar-refractivity contribution in [3.63, 3.8) is 0 Å². The van der Waals surface area contributed by atoms with E-state index < -0.39 is 31.2 Å². The van der Waals surface area contributed by atoms with Crippen molar-refractivity contribution < 1.29 is 21.4 Å². The van der Waals surface area contributed by atoms with Crippen LogP contribution in [0.1, 0.15) is 52.7 Å². The summed E-state index contributed by atoms with van der Waals surface area (Å²) >= 11 is 0. The molecule has 1 aliphatic rings. The molecule has 2 aromatic rings. The molecule has 0 aromatic heterocycles. The monoisotopic (exact) mass is 437 g/mol. The van der Waals surface area contributed by atoms with Crippen LogP contribution < -0.4 is 0 Å². The minimum absolute atomic E-state index is 0.163. The zero-order valence-electron chi connectivity index (χ0n) is 17.5. The molecule has 6 nitrogen and oxygen atoms in total. The zero-order chi connectivity index (χ0) is 22.0. The van der Waals surface area contributed by atoms with Crippen LogP contribution in [0.15, 0.2) is 46.2 Å². The summed E-state index contributed by atoms with van der Waals surface area (Å²) < 4.78 is 60.7. The van der Waals surface area contributed by atoms with Gasteiger partial charge in [-0.15, -0.1) is 0 Å². The molecule has 1 aliphatic carbocycles. The maximum absolute atomic E-state index is 13.5. The number of rotatable bonds is 3. The second-order valence-corrected chi connectivity index (χ2v) is 12.6. The molecule has 29 heavy (non-hydrogen) atoms. The van der Waals surface area contributed by atoms with E-state index in [0.29, 0.717) is 6.42 Å². The van der Waals surface area contributed by atoms with Crippen LogP contribution in [-0.2, 0) is 26.6 Å². The second-order valence-electron chi connectivity index (χ2n) is 9.40. The Morgan fingerprint density at radius 1 is 0.759 bits per heavy atom. The van der Waals surface area contributed by atoms with Crippen LogP contribution in [0.5, 0.6) is 0 Å². The first-order valence-corrected chi connectivity index (χ1v) is 12.2. The molecule has 0 amide bonds. The lowest BCUT2D eigenvalue weighted by molar-refractivity contribution is 0.140. The lowest BCUT2D eigenvalue weighted by Gasteiger charge is -2.43. The highest BCUT2D eigenvalue weighted by Gasteiger charge is 2.42. The van der Waals surface area contributed by atoms with Crippen molar-refractivity contribution >= 4 is 20.1 Å². The van der Waals surface area contributed by atoms with Gasteiger partial charge in [0.15, 0.2) is 0 Å². The Bertz CT molecular complexity index is 1170. The Morgan fingerprint density at radius 3 is 1.59 bits per heavy atom. The molecule has 0 bridgehead atoms. The first kappa shape index (κ1) is 22.0. The molecule has 158 valence electrons. The number of nitrogens with zero attached hydrogens (tertiary/aromatic N) is 1. The maximum Gasteiger partial charge on any atom is 0.294 e. The molecule has 0 saturated heterocycles. The van der Waals surface area contributed by atoms with E-state index in [9.17, 15) is 21.4 Å². The molecule has 0 atom stereocenters. The van der Waals surface area contributed by atoms with Gasteiger partial charge >= 0.3 is 0 Å². The van der Waals surface area contributed by atoms with Crippen molar-refractivity contribution in [3.8, 4) is 11.1 Å².